The highest BCUT2D eigenvalue weighted by atomic mass is 16.6. The lowest BCUT2D eigenvalue weighted by Gasteiger charge is -2.28. The highest BCUT2D eigenvalue weighted by Crippen LogP contribution is 2.38. The van der Waals surface area contributed by atoms with Gasteiger partial charge >= 0.3 is 0 Å². The summed E-state index contributed by atoms with van der Waals surface area (Å²) in [5.41, 5.74) is 3.91. The predicted octanol–water partition coefficient (Wildman–Crippen LogP) is 5.92. The summed E-state index contributed by atoms with van der Waals surface area (Å²) in [6, 6.07) is 15.1. The molecule has 2 aromatic rings. The molecule has 5 rings (SSSR count). The van der Waals surface area contributed by atoms with Crippen LogP contribution in [0.4, 0.5) is 0 Å². The van der Waals surface area contributed by atoms with E-state index in [0.717, 1.165) is 31.1 Å². The maximum Gasteiger partial charge on any atom is 0.123 e. The SMILES string of the molecule is CCC(C)(C)c1cc(C2C=CC(c3ccc(OCC4CO4)cc3)C=C2)ccc1OCC1CO1. The van der Waals surface area contributed by atoms with Gasteiger partial charge < -0.3 is 18.9 Å². The minimum atomic E-state index is 0.0514. The molecule has 0 radical (unpaired) electrons. The lowest BCUT2D eigenvalue weighted by atomic mass is 9.79. The van der Waals surface area contributed by atoms with Crippen LogP contribution in [0.5, 0.6) is 11.5 Å². The second-order valence-corrected chi connectivity index (χ2v) is 9.92. The van der Waals surface area contributed by atoms with Crippen molar-refractivity contribution in [2.45, 2.75) is 56.7 Å². The first kappa shape index (κ1) is 22.2. The van der Waals surface area contributed by atoms with Gasteiger partial charge in [0.25, 0.3) is 0 Å². The van der Waals surface area contributed by atoms with Gasteiger partial charge in [-0.15, -0.1) is 0 Å². The molecule has 33 heavy (non-hydrogen) atoms. The van der Waals surface area contributed by atoms with Gasteiger partial charge in [0.15, 0.2) is 0 Å². The van der Waals surface area contributed by atoms with Crippen molar-refractivity contribution >= 4 is 0 Å². The van der Waals surface area contributed by atoms with E-state index in [1.807, 2.05) is 0 Å². The molecule has 2 fully saturated rings. The second kappa shape index (κ2) is 9.36. The van der Waals surface area contributed by atoms with Crippen molar-refractivity contribution in [2.75, 3.05) is 26.4 Å². The van der Waals surface area contributed by atoms with Gasteiger partial charge in [0.05, 0.1) is 13.2 Å². The fourth-order valence-electron chi connectivity index (χ4n) is 4.14. The maximum absolute atomic E-state index is 6.13. The minimum Gasteiger partial charge on any atom is -0.491 e. The van der Waals surface area contributed by atoms with Gasteiger partial charge in [0.2, 0.25) is 0 Å². The number of ether oxygens (including phenoxy) is 4. The summed E-state index contributed by atoms with van der Waals surface area (Å²) in [6.07, 6.45) is 10.8. The Morgan fingerprint density at radius 2 is 1.33 bits per heavy atom. The van der Waals surface area contributed by atoms with Gasteiger partial charge in [-0.25, -0.2) is 0 Å². The van der Waals surface area contributed by atoms with E-state index in [2.05, 4.69) is 87.5 Å². The summed E-state index contributed by atoms with van der Waals surface area (Å²) in [5, 5.41) is 0. The number of hydrogen-bond donors (Lipinski definition) is 0. The van der Waals surface area contributed by atoms with Crippen LogP contribution in [0.2, 0.25) is 0 Å². The monoisotopic (exact) mass is 446 g/mol. The van der Waals surface area contributed by atoms with E-state index in [1.54, 1.807) is 0 Å². The Labute approximate surface area is 197 Å². The van der Waals surface area contributed by atoms with E-state index in [4.69, 9.17) is 18.9 Å². The van der Waals surface area contributed by atoms with Crippen molar-refractivity contribution in [3.63, 3.8) is 0 Å². The predicted molar refractivity (Wildman–Crippen MR) is 130 cm³/mol. The molecule has 1 aliphatic carbocycles. The van der Waals surface area contributed by atoms with Crippen molar-refractivity contribution in [1.82, 2.24) is 0 Å². The Morgan fingerprint density at radius 1 is 0.788 bits per heavy atom. The molecular formula is C29H34O4. The Balaban J connectivity index is 1.27. The van der Waals surface area contributed by atoms with E-state index < -0.39 is 0 Å². The quantitative estimate of drug-likeness (QED) is 0.335. The van der Waals surface area contributed by atoms with E-state index in [1.165, 1.54) is 16.7 Å². The summed E-state index contributed by atoms with van der Waals surface area (Å²) in [7, 11) is 0. The van der Waals surface area contributed by atoms with E-state index in [0.29, 0.717) is 13.2 Å². The zero-order chi connectivity index (χ0) is 22.8. The van der Waals surface area contributed by atoms with Gasteiger partial charge in [-0.05, 0) is 41.2 Å². The normalized spacial score (nSPS) is 25.7. The molecule has 2 aromatic carbocycles. The summed E-state index contributed by atoms with van der Waals surface area (Å²) >= 11 is 0. The molecule has 0 saturated carbocycles. The third kappa shape index (κ3) is 5.51. The molecule has 0 amide bonds. The van der Waals surface area contributed by atoms with Crippen molar-refractivity contribution in [1.29, 1.82) is 0 Å². The molecule has 3 aliphatic rings. The number of benzene rings is 2. The standard InChI is InChI=1S/C29H34O4/c1-4-29(2,3)27-15-23(11-14-28(27)33-19-26-18-32-26)22-7-5-20(6-8-22)21-9-12-24(13-10-21)30-16-25-17-31-25/h5-15,20,22,25-26H,4,16-19H2,1-3H3. The molecule has 0 N–H and O–H groups in total. The average molecular weight is 447 g/mol. The smallest absolute Gasteiger partial charge is 0.123 e. The molecule has 4 heteroatoms. The summed E-state index contributed by atoms with van der Waals surface area (Å²) < 4.78 is 22.4. The molecule has 2 heterocycles. The minimum absolute atomic E-state index is 0.0514. The van der Waals surface area contributed by atoms with Crippen LogP contribution >= 0.6 is 0 Å². The largest absolute Gasteiger partial charge is 0.491 e. The third-order valence-corrected chi connectivity index (χ3v) is 6.98. The topological polar surface area (TPSA) is 43.5 Å². The molecule has 0 spiro atoms. The van der Waals surface area contributed by atoms with Crippen LogP contribution < -0.4 is 9.47 Å². The van der Waals surface area contributed by atoms with E-state index in [-0.39, 0.29) is 29.5 Å². The highest BCUT2D eigenvalue weighted by Gasteiger charge is 2.27. The van der Waals surface area contributed by atoms with Crippen LogP contribution in [0, 0.1) is 0 Å². The van der Waals surface area contributed by atoms with Crippen LogP contribution in [0.3, 0.4) is 0 Å². The zero-order valence-electron chi connectivity index (χ0n) is 19.8. The molecule has 2 atom stereocenters. The molecule has 4 nitrogen and oxygen atoms in total. The van der Waals surface area contributed by atoms with Crippen LogP contribution in [0.1, 0.15) is 55.7 Å². The molecule has 2 unspecified atom stereocenters. The van der Waals surface area contributed by atoms with Crippen LogP contribution in [0.15, 0.2) is 66.8 Å². The maximum atomic E-state index is 6.13. The van der Waals surface area contributed by atoms with Gasteiger partial charge in [0, 0.05) is 17.4 Å². The molecule has 2 saturated heterocycles. The van der Waals surface area contributed by atoms with Crippen molar-refractivity contribution < 1.29 is 18.9 Å². The highest BCUT2D eigenvalue weighted by molar-refractivity contribution is 5.46. The van der Waals surface area contributed by atoms with Crippen molar-refractivity contribution in [3.8, 4) is 11.5 Å². The van der Waals surface area contributed by atoms with Crippen molar-refractivity contribution in [2.24, 2.45) is 0 Å². The summed E-state index contributed by atoms with van der Waals surface area (Å²) in [6.45, 7) is 9.73. The Bertz CT molecular complexity index is 998. The zero-order valence-corrected chi connectivity index (χ0v) is 19.8. The van der Waals surface area contributed by atoms with Gasteiger partial charge in [-0.1, -0.05) is 69.3 Å². The molecule has 0 bridgehead atoms. The Morgan fingerprint density at radius 3 is 1.91 bits per heavy atom. The fraction of sp³-hybridized carbons (Fsp3) is 0.448. The van der Waals surface area contributed by atoms with E-state index >= 15 is 0 Å². The number of allylic oxidation sites excluding steroid dienone is 4. The first-order valence-electron chi connectivity index (χ1n) is 12.1. The van der Waals surface area contributed by atoms with Crippen LogP contribution in [0.25, 0.3) is 0 Å². The first-order chi connectivity index (χ1) is 16.0. The van der Waals surface area contributed by atoms with Gasteiger partial charge in [-0.3, -0.25) is 0 Å². The lowest BCUT2D eigenvalue weighted by Crippen LogP contribution is -2.19. The summed E-state index contributed by atoms with van der Waals surface area (Å²) in [4.78, 5) is 0. The Kier molecular flexibility index (Phi) is 6.31. The van der Waals surface area contributed by atoms with Crippen LogP contribution in [-0.4, -0.2) is 38.6 Å². The first-order valence-corrected chi connectivity index (χ1v) is 12.1. The van der Waals surface area contributed by atoms with Gasteiger partial charge in [-0.2, -0.15) is 0 Å². The van der Waals surface area contributed by atoms with Gasteiger partial charge in [0.1, 0.15) is 36.9 Å². The third-order valence-electron chi connectivity index (χ3n) is 6.98. The molecule has 0 aromatic heterocycles. The number of rotatable bonds is 10. The summed E-state index contributed by atoms with van der Waals surface area (Å²) in [5.74, 6) is 2.44. The molecule has 2 aliphatic heterocycles. The number of hydrogen-bond acceptors (Lipinski definition) is 4. The molecular weight excluding hydrogens is 412 g/mol. The fourth-order valence-corrected chi connectivity index (χ4v) is 4.14. The average Bonchev–Trinajstić information content (AvgIpc) is 3.77. The number of epoxide rings is 2. The second-order valence-electron chi connectivity index (χ2n) is 9.92. The lowest BCUT2D eigenvalue weighted by molar-refractivity contribution is 0.257. The van der Waals surface area contributed by atoms with Crippen molar-refractivity contribution in [3.05, 3.63) is 83.5 Å². The van der Waals surface area contributed by atoms with Crippen LogP contribution in [-0.2, 0) is 14.9 Å². The molecule has 174 valence electrons. The van der Waals surface area contributed by atoms with E-state index in [9.17, 15) is 0 Å². The Hall–Kier alpha value is -2.56.